The van der Waals surface area contributed by atoms with Crippen LogP contribution in [0.3, 0.4) is 0 Å². The number of carbonyl (C=O) groups excluding carboxylic acids is 2. The van der Waals surface area contributed by atoms with E-state index in [2.05, 4.69) is 10.9 Å². The van der Waals surface area contributed by atoms with Gasteiger partial charge in [0.1, 0.15) is 5.75 Å². The molecule has 0 aliphatic carbocycles. The van der Waals surface area contributed by atoms with E-state index >= 15 is 0 Å². The molecule has 2 aromatic carbocycles. The summed E-state index contributed by atoms with van der Waals surface area (Å²) < 4.78 is 5.05. The summed E-state index contributed by atoms with van der Waals surface area (Å²) >= 11 is 0. The molecule has 0 atom stereocenters. The minimum absolute atomic E-state index is 0.362. The van der Waals surface area contributed by atoms with E-state index in [0.29, 0.717) is 16.9 Å². The third-order valence-electron chi connectivity index (χ3n) is 3.25. The molecule has 0 unspecified atom stereocenters. The number of rotatable bonds is 4. The number of methoxy groups -OCH3 is 1. The van der Waals surface area contributed by atoms with E-state index in [9.17, 15) is 9.59 Å². The van der Waals surface area contributed by atoms with Gasteiger partial charge in [0.05, 0.1) is 7.11 Å². The molecule has 0 radical (unpaired) electrons. The number of hydrogen-bond acceptors (Lipinski definition) is 3. The van der Waals surface area contributed by atoms with Crippen molar-refractivity contribution in [2.75, 3.05) is 7.11 Å². The van der Waals surface area contributed by atoms with Gasteiger partial charge < -0.3 is 4.74 Å². The Hall–Kier alpha value is -2.82. The highest BCUT2D eigenvalue weighted by atomic mass is 16.5. The molecule has 0 bridgehead atoms. The summed E-state index contributed by atoms with van der Waals surface area (Å²) in [7, 11) is 1.53. The molecule has 22 heavy (non-hydrogen) atoms. The number of nitrogens with one attached hydrogen (secondary N) is 2. The second-order valence-electron chi connectivity index (χ2n) is 4.69. The van der Waals surface area contributed by atoms with Crippen LogP contribution in [0.15, 0.2) is 48.5 Å². The lowest BCUT2D eigenvalue weighted by Crippen LogP contribution is -2.41. The largest absolute Gasteiger partial charge is 0.497 e. The van der Waals surface area contributed by atoms with Crippen molar-refractivity contribution < 1.29 is 14.3 Å². The summed E-state index contributed by atoms with van der Waals surface area (Å²) in [5.41, 5.74) is 6.82. The lowest BCUT2D eigenvalue weighted by Gasteiger charge is -2.08. The number of aryl methyl sites for hydroxylation is 1. The highest BCUT2D eigenvalue weighted by Gasteiger charge is 2.09. The number of benzene rings is 2. The molecule has 2 rings (SSSR count). The smallest absolute Gasteiger partial charge is 0.269 e. The average Bonchev–Trinajstić information content (AvgIpc) is 2.59. The third-order valence-corrected chi connectivity index (χ3v) is 3.25. The van der Waals surface area contributed by atoms with Crippen molar-refractivity contribution in [2.45, 2.75) is 13.3 Å². The highest BCUT2D eigenvalue weighted by Crippen LogP contribution is 2.12. The average molecular weight is 298 g/mol. The van der Waals surface area contributed by atoms with Crippen molar-refractivity contribution in [3.05, 3.63) is 65.2 Å². The molecule has 0 fully saturated rings. The van der Waals surface area contributed by atoms with E-state index < -0.39 is 5.91 Å². The molecular weight excluding hydrogens is 280 g/mol. The number of hydrogen-bond donors (Lipinski definition) is 2. The SMILES string of the molecule is CCc1ccc(C(=O)NNC(=O)c2cccc(OC)c2)cc1. The van der Waals surface area contributed by atoms with E-state index in [1.165, 1.54) is 7.11 Å². The topological polar surface area (TPSA) is 67.4 Å². The van der Waals surface area contributed by atoms with Crippen LogP contribution >= 0.6 is 0 Å². The Morgan fingerprint density at radius 1 is 0.955 bits per heavy atom. The van der Waals surface area contributed by atoms with Gasteiger partial charge in [0.2, 0.25) is 0 Å². The quantitative estimate of drug-likeness (QED) is 0.851. The maximum Gasteiger partial charge on any atom is 0.269 e. The zero-order valence-electron chi connectivity index (χ0n) is 12.6. The first-order chi connectivity index (χ1) is 10.6. The monoisotopic (exact) mass is 298 g/mol. The molecule has 0 heterocycles. The normalized spacial score (nSPS) is 9.91. The van der Waals surface area contributed by atoms with Crippen molar-refractivity contribution in [2.24, 2.45) is 0 Å². The molecule has 2 aromatic rings. The number of hydrazine groups is 1. The van der Waals surface area contributed by atoms with E-state index in [1.807, 2.05) is 19.1 Å². The van der Waals surface area contributed by atoms with Gasteiger partial charge >= 0.3 is 0 Å². The van der Waals surface area contributed by atoms with Crippen LogP contribution in [-0.4, -0.2) is 18.9 Å². The highest BCUT2D eigenvalue weighted by molar-refractivity contribution is 5.99. The van der Waals surface area contributed by atoms with Crippen molar-refractivity contribution >= 4 is 11.8 Å². The second-order valence-corrected chi connectivity index (χ2v) is 4.69. The van der Waals surface area contributed by atoms with Crippen molar-refractivity contribution in [1.82, 2.24) is 10.9 Å². The number of carbonyl (C=O) groups is 2. The minimum atomic E-state index is -0.405. The summed E-state index contributed by atoms with van der Waals surface area (Å²) in [6.45, 7) is 2.05. The van der Waals surface area contributed by atoms with Gasteiger partial charge in [-0.15, -0.1) is 0 Å². The van der Waals surface area contributed by atoms with Crippen molar-refractivity contribution in [3.63, 3.8) is 0 Å². The number of amides is 2. The summed E-state index contributed by atoms with van der Waals surface area (Å²) in [6, 6.07) is 13.9. The Balaban J connectivity index is 1.96. The molecule has 5 heteroatoms. The van der Waals surface area contributed by atoms with E-state index in [1.54, 1.807) is 36.4 Å². The minimum Gasteiger partial charge on any atom is -0.497 e. The van der Waals surface area contributed by atoms with Crippen LogP contribution in [0.25, 0.3) is 0 Å². The Kier molecular flexibility index (Phi) is 5.14. The maximum atomic E-state index is 12.0. The molecule has 0 aliphatic heterocycles. The van der Waals surface area contributed by atoms with Crippen LogP contribution in [0.2, 0.25) is 0 Å². The summed E-state index contributed by atoms with van der Waals surface area (Å²) in [5, 5.41) is 0. The molecule has 2 N–H and O–H groups in total. The molecule has 0 spiro atoms. The third kappa shape index (κ3) is 3.85. The van der Waals surface area contributed by atoms with E-state index in [-0.39, 0.29) is 5.91 Å². The lowest BCUT2D eigenvalue weighted by molar-refractivity contribution is 0.0846. The Morgan fingerprint density at radius 2 is 1.59 bits per heavy atom. The van der Waals surface area contributed by atoms with Crippen LogP contribution < -0.4 is 15.6 Å². The van der Waals surface area contributed by atoms with Crippen LogP contribution in [0.1, 0.15) is 33.2 Å². The Bertz CT molecular complexity index is 666. The summed E-state index contributed by atoms with van der Waals surface area (Å²) in [5.74, 6) is -0.189. The van der Waals surface area contributed by atoms with E-state index in [4.69, 9.17) is 4.74 Å². The predicted octanol–water partition coefficient (Wildman–Crippen LogP) is 2.33. The fraction of sp³-hybridized carbons (Fsp3) is 0.176. The van der Waals surface area contributed by atoms with Crippen LogP contribution in [0.4, 0.5) is 0 Å². The van der Waals surface area contributed by atoms with E-state index in [0.717, 1.165) is 12.0 Å². The van der Waals surface area contributed by atoms with Crippen LogP contribution in [-0.2, 0) is 6.42 Å². The fourth-order valence-corrected chi connectivity index (χ4v) is 1.91. The van der Waals surface area contributed by atoms with Crippen molar-refractivity contribution in [1.29, 1.82) is 0 Å². The van der Waals surface area contributed by atoms with Gasteiger partial charge in [-0.3, -0.25) is 20.4 Å². The number of ether oxygens (including phenoxy) is 1. The molecule has 5 nitrogen and oxygen atoms in total. The second kappa shape index (κ2) is 7.26. The first-order valence-electron chi connectivity index (χ1n) is 6.97. The van der Waals surface area contributed by atoms with Crippen LogP contribution in [0.5, 0.6) is 5.75 Å². The Morgan fingerprint density at radius 3 is 2.18 bits per heavy atom. The summed E-state index contributed by atoms with van der Waals surface area (Å²) in [6.07, 6.45) is 0.911. The summed E-state index contributed by atoms with van der Waals surface area (Å²) in [4.78, 5) is 23.9. The molecule has 0 aliphatic rings. The first-order valence-corrected chi connectivity index (χ1v) is 6.97. The van der Waals surface area contributed by atoms with Gasteiger partial charge in [0.15, 0.2) is 0 Å². The molecule has 0 aromatic heterocycles. The van der Waals surface area contributed by atoms with Gasteiger partial charge in [0.25, 0.3) is 11.8 Å². The van der Waals surface area contributed by atoms with Crippen LogP contribution in [0, 0.1) is 0 Å². The fourth-order valence-electron chi connectivity index (χ4n) is 1.91. The molecule has 0 saturated carbocycles. The van der Waals surface area contributed by atoms with Gasteiger partial charge in [-0.1, -0.05) is 25.1 Å². The zero-order chi connectivity index (χ0) is 15.9. The van der Waals surface area contributed by atoms with Gasteiger partial charge in [-0.05, 0) is 42.3 Å². The maximum absolute atomic E-state index is 12.0. The Labute approximate surface area is 129 Å². The van der Waals surface area contributed by atoms with Crippen molar-refractivity contribution in [3.8, 4) is 5.75 Å². The molecule has 0 saturated heterocycles. The molecular formula is C17H18N2O3. The first kappa shape index (κ1) is 15.6. The van der Waals surface area contributed by atoms with Gasteiger partial charge in [-0.2, -0.15) is 0 Å². The molecule has 114 valence electrons. The standard InChI is InChI=1S/C17H18N2O3/c1-3-12-7-9-13(10-8-12)16(20)18-19-17(21)14-5-4-6-15(11-14)22-2/h4-11H,3H2,1-2H3,(H,18,20)(H,19,21). The van der Waals surface area contributed by atoms with Gasteiger partial charge in [0, 0.05) is 11.1 Å². The predicted molar refractivity (Wildman–Crippen MR) is 83.7 cm³/mol. The molecule has 2 amide bonds. The van der Waals surface area contributed by atoms with Gasteiger partial charge in [-0.25, -0.2) is 0 Å². The zero-order valence-corrected chi connectivity index (χ0v) is 12.6. The lowest BCUT2D eigenvalue weighted by atomic mass is 10.1.